The molecule has 0 spiro atoms. The van der Waals surface area contributed by atoms with Gasteiger partial charge in [0.15, 0.2) is 6.29 Å². The van der Waals surface area contributed by atoms with E-state index in [2.05, 4.69) is 19.2 Å². The topological polar surface area (TPSA) is 169 Å². The Bertz CT molecular complexity index is 819. The molecule has 10 heteroatoms. The van der Waals surface area contributed by atoms with Gasteiger partial charge in [0.05, 0.1) is 25.4 Å². The second kappa shape index (κ2) is 34.4. The summed E-state index contributed by atoms with van der Waals surface area (Å²) in [6, 6.07) is -0.983. The van der Waals surface area contributed by atoms with Crippen molar-refractivity contribution in [1.82, 2.24) is 5.32 Å². The van der Waals surface area contributed by atoms with E-state index in [9.17, 15) is 35.4 Å². The number of carbonyl (C=O) groups is 1. The Morgan fingerprint density at radius 2 is 0.981 bits per heavy atom. The van der Waals surface area contributed by atoms with Crippen LogP contribution in [0.3, 0.4) is 0 Å². The van der Waals surface area contributed by atoms with Crippen molar-refractivity contribution in [3.63, 3.8) is 0 Å². The fraction of sp³-hybridized carbons (Fsp3) is 0.977. The molecule has 0 radical (unpaired) electrons. The number of aliphatic hydroxyl groups is 6. The van der Waals surface area contributed by atoms with E-state index in [1.54, 1.807) is 0 Å². The minimum atomic E-state index is -1.60. The van der Waals surface area contributed by atoms with E-state index >= 15 is 0 Å². The van der Waals surface area contributed by atoms with Crippen LogP contribution < -0.4 is 5.32 Å². The van der Waals surface area contributed by atoms with E-state index in [1.807, 2.05) is 0 Å². The van der Waals surface area contributed by atoms with Gasteiger partial charge in [-0.15, -0.1) is 0 Å². The molecule has 1 aliphatic heterocycles. The van der Waals surface area contributed by atoms with Crippen LogP contribution in [0.15, 0.2) is 0 Å². The van der Waals surface area contributed by atoms with Gasteiger partial charge in [0.2, 0.25) is 5.91 Å². The summed E-state index contributed by atoms with van der Waals surface area (Å²) in [4.78, 5) is 13.0. The highest BCUT2D eigenvalue weighted by molar-refractivity contribution is 5.76. The Morgan fingerprint density at radius 3 is 1.40 bits per heavy atom. The van der Waals surface area contributed by atoms with Gasteiger partial charge in [0.1, 0.15) is 30.5 Å². The number of nitrogens with one attached hydrogen (secondary N) is 1. The molecule has 0 aromatic rings. The minimum Gasteiger partial charge on any atom is -0.394 e. The zero-order valence-corrected chi connectivity index (χ0v) is 34.2. The Balaban J connectivity index is 2.41. The van der Waals surface area contributed by atoms with Crippen LogP contribution in [0.2, 0.25) is 0 Å². The van der Waals surface area contributed by atoms with E-state index < -0.39 is 55.6 Å². The molecule has 53 heavy (non-hydrogen) atoms. The molecule has 1 amide bonds. The smallest absolute Gasteiger partial charge is 0.220 e. The summed E-state index contributed by atoms with van der Waals surface area (Å²) in [5, 5.41) is 65.1. The van der Waals surface area contributed by atoms with E-state index in [4.69, 9.17) is 9.47 Å². The summed E-state index contributed by atoms with van der Waals surface area (Å²) >= 11 is 0. The van der Waals surface area contributed by atoms with Crippen molar-refractivity contribution in [2.24, 2.45) is 0 Å². The van der Waals surface area contributed by atoms with Crippen molar-refractivity contribution in [2.45, 2.75) is 255 Å². The van der Waals surface area contributed by atoms with Crippen molar-refractivity contribution in [3.8, 4) is 0 Å². The van der Waals surface area contributed by atoms with Gasteiger partial charge in [0.25, 0.3) is 0 Å². The highest BCUT2D eigenvalue weighted by Crippen LogP contribution is 2.23. The van der Waals surface area contributed by atoms with Gasteiger partial charge in [0, 0.05) is 6.42 Å². The summed E-state index contributed by atoms with van der Waals surface area (Å²) in [7, 11) is 0. The van der Waals surface area contributed by atoms with E-state index in [0.29, 0.717) is 6.42 Å². The van der Waals surface area contributed by atoms with Gasteiger partial charge in [-0.05, 0) is 12.8 Å². The van der Waals surface area contributed by atoms with E-state index in [1.165, 1.54) is 135 Å². The van der Waals surface area contributed by atoms with Crippen LogP contribution in [0.5, 0.6) is 0 Å². The molecular weight excluding hydrogens is 674 g/mol. The number of rotatable bonds is 37. The van der Waals surface area contributed by atoms with Crippen LogP contribution in [0.25, 0.3) is 0 Å². The lowest BCUT2D eigenvalue weighted by atomic mass is 9.98. The van der Waals surface area contributed by atoms with Gasteiger partial charge < -0.3 is 45.4 Å². The molecule has 0 aromatic heterocycles. The number of hydrogen-bond donors (Lipinski definition) is 7. The lowest BCUT2D eigenvalue weighted by Crippen LogP contribution is -2.60. The van der Waals surface area contributed by atoms with Gasteiger partial charge >= 0.3 is 0 Å². The van der Waals surface area contributed by atoms with Crippen LogP contribution in [0, 0.1) is 0 Å². The number of hydrogen-bond acceptors (Lipinski definition) is 9. The maximum absolute atomic E-state index is 13.0. The van der Waals surface area contributed by atoms with Crippen LogP contribution >= 0.6 is 0 Å². The van der Waals surface area contributed by atoms with E-state index in [-0.39, 0.29) is 18.9 Å². The first-order valence-electron chi connectivity index (χ1n) is 22.3. The van der Waals surface area contributed by atoms with Crippen molar-refractivity contribution in [2.75, 3.05) is 13.2 Å². The molecule has 10 nitrogen and oxygen atoms in total. The number of ether oxygens (including phenoxy) is 2. The third kappa shape index (κ3) is 25.1. The quantitative estimate of drug-likeness (QED) is 0.0313. The SMILES string of the molecule is CCCCCCCCCCCCCCCCC(=O)N[C@@H](CO[C@@H]1O[C@H](CO)[C@@H](O)C(O)C1O)[C@H](O)[C@H](O)CCCCCCCCCCCCCCCC. The first-order valence-corrected chi connectivity index (χ1v) is 22.3. The maximum atomic E-state index is 13.0. The molecule has 316 valence electrons. The predicted octanol–water partition coefficient (Wildman–Crippen LogP) is 7.75. The molecule has 1 rings (SSSR count). The zero-order chi connectivity index (χ0) is 38.9. The van der Waals surface area contributed by atoms with Crippen molar-refractivity contribution < 1.29 is 44.9 Å². The summed E-state index contributed by atoms with van der Waals surface area (Å²) in [5.74, 6) is -0.255. The summed E-state index contributed by atoms with van der Waals surface area (Å²) in [5.41, 5.74) is 0. The van der Waals surface area contributed by atoms with Crippen LogP contribution in [0.1, 0.15) is 206 Å². The fourth-order valence-corrected chi connectivity index (χ4v) is 7.38. The third-order valence-electron chi connectivity index (χ3n) is 11.1. The first-order chi connectivity index (χ1) is 25.8. The second-order valence-electron chi connectivity index (χ2n) is 16.0. The second-order valence-corrected chi connectivity index (χ2v) is 16.0. The van der Waals surface area contributed by atoms with Crippen LogP contribution in [-0.4, -0.2) is 98.7 Å². The molecule has 8 atom stereocenters. The van der Waals surface area contributed by atoms with Crippen molar-refractivity contribution in [1.29, 1.82) is 0 Å². The average molecular weight is 760 g/mol. The average Bonchev–Trinajstić information content (AvgIpc) is 3.16. The predicted molar refractivity (Wildman–Crippen MR) is 214 cm³/mol. The lowest BCUT2D eigenvalue weighted by Gasteiger charge is -2.40. The number of amides is 1. The summed E-state index contributed by atoms with van der Waals surface area (Å²) in [6.45, 7) is 3.61. The molecule has 1 aliphatic rings. The van der Waals surface area contributed by atoms with Crippen molar-refractivity contribution in [3.05, 3.63) is 0 Å². The first kappa shape index (κ1) is 50.2. The highest BCUT2D eigenvalue weighted by atomic mass is 16.7. The molecular formula is C43H85NO9. The standard InChI is InChI=1S/C43H85NO9/c1-3-5-7-9-11-13-15-17-19-21-23-25-27-29-31-36(46)39(48)35(34-52-43-42(51)41(50)40(49)37(33-45)53-43)44-38(47)32-30-28-26-24-22-20-18-16-14-12-10-8-6-4-2/h35-37,39-43,45-46,48-51H,3-34H2,1-2H3,(H,44,47)/t35-,36+,37+,39-,40+,41?,42?,43+/m0/s1. The maximum Gasteiger partial charge on any atom is 0.220 e. The molecule has 0 aliphatic carbocycles. The molecule has 0 bridgehead atoms. The molecule has 1 fully saturated rings. The number of unbranched alkanes of at least 4 members (excludes halogenated alkanes) is 26. The fourth-order valence-electron chi connectivity index (χ4n) is 7.38. The minimum absolute atomic E-state index is 0.255. The monoisotopic (exact) mass is 760 g/mol. The summed E-state index contributed by atoms with van der Waals surface area (Å²) in [6.07, 6.45) is 25.3. The molecule has 1 saturated heterocycles. The Morgan fingerprint density at radius 1 is 0.585 bits per heavy atom. The van der Waals surface area contributed by atoms with Gasteiger partial charge in [-0.1, -0.05) is 187 Å². The summed E-state index contributed by atoms with van der Waals surface area (Å²) < 4.78 is 11.1. The number of carbonyl (C=O) groups excluding carboxylic acids is 1. The molecule has 0 aromatic carbocycles. The molecule has 1 heterocycles. The highest BCUT2D eigenvalue weighted by Gasteiger charge is 2.44. The Labute approximate surface area is 324 Å². The van der Waals surface area contributed by atoms with Crippen LogP contribution in [0.4, 0.5) is 0 Å². The van der Waals surface area contributed by atoms with Crippen molar-refractivity contribution >= 4 is 5.91 Å². The van der Waals surface area contributed by atoms with Gasteiger partial charge in [-0.3, -0.25) is 4.79 Å². The van der Waals surface area contributed by atoms with Gasteiger partial charge in [-0.2, -0.15) is 0 Å². The molecule has 7 N–H and O–H groups in total. The van der Waals surface area contributed by atoms with Gasteiger partial charge in [-0.25, -0.2) is 0 Å². The lowest BCUT2D eigenvalue weighted by molar-refractivity contribution is -0.303. The van der Waals surface area contributed by atoms with E-state index in [0.717, 1.165) is 44.9 Å². The molecule has 0 saturated carbocycles. The largest absolute Gasteiger partial charge is 0.394 e. The Kier molecular flexibility index (Phi) is 32.6. The Hall–Kier alpha value is -0.850. The van der Waals surface area contributed by atoms with Crippen LogP contribution in [-0.2, 0) is 14.3 Å². The molecule has 2 unspecified atom stereocenters. The third-order valence-corrected chi connectivity index (χ3v) is 11.1. The normalized spacial score (nSPS) is 22.2. The number of aliphatic hydroxyl groups excluding tert-OH is 6. The zero-order valence-electron chi connectivity index (χ0n) is 34.2.